The molecule has 0 aliphatic heterocycles. The summed E-state index contributed by atoms with van der Waals surface area (Å²) in [5.74, 6) is 0.552. The summed E-state index contributed by atoms with van der Waals surface area (Å²) >= 11 is 0. The molecule has 160 valence electrons. The number of aliphatic hydroxyl groups is 1. The predicted octanol–water partition coefficient (Wildman–Crippen LogP) is 2.71. The van der Waals surface area contributed by atoms with Crippen molar-refractivity contribution in [3.05, 3.63) is 35.9 Å². The number of aliphatic hydroxyl groups excluding tert-OH is 1. The van der Waals surface area contributed by atoms with E-state index in [0.29, 0.717) is 12.5 Å². The van der Waals surface area contributed by atoms with Gasteiger partial charge in [0.1, 0.15) is 6.54 Å². The first-order valence-corrected chi connectivity index (χ1v) is 10.0. The van der Waals surface area contributed by atoms with Crippen molar-refractivity contribution in [1.82, 2.24) is 16.0 Å². The van der Waals surface area contributed by atoms with E-state index in [1.54, 1.807) is 0 Å². The van der Waals surface area contributed by atoms with Crippen molar-refractivity contribution < 1.29 is 9.90 Å². The summed E-state index contributed by atoms with van der Waals surface area (Å²) in [5, 5.41) is 18.8. The highest BCUT2D eigenvalue weighted by Crippen LogP contribution is 2.29. The van der Waals surface area contributed by atoms with E-state index >= 15 is 0 Å². The Balaban J connectivity index is 0.00000729. The Morgan fingerprint density at radius 3 is 2.32 bits per heavy atom. The second-order valence-corrected chi connectivity index (χ2v) is 6.81. The molecule has 0 aliphatic carbocycles. The number of hydrogen-bond donors (Lipinski definition) is 4. The van der Waals surface area contributed by atoms with Crippen LogP contribution in [0.3, 0.4) is 0 Å². The van der Waals surface area contributed by atoms with Gasteiger partial charge in [0.25, 0.3) is 0 Å². The molecule has 0 radical (unpaired) electrons. The van der Waals surface area contributed by atoms with Crippen LogP contribution in [0, 0.1) is 5.41 Å². The molecular weight excluding hydrogens is 467 g/mol. The number of rotatable bonds is 12. The van der Waals surface area contributed by atoms with E-state index in [4.69, 9.17) is 0 Å². The zero-order valence-electron chi connectivity index (χ0n) is 17.5. The molecule has 1 aromatic rings. The van der Waals surface area contributed by atoms with Crippen LogP contribution in [-0.2, 0) is 11.2 Å². The van der Waals surface area contributed by atoms with Gasteiger partial charge in [0, 0.05) is 26.2 Å². The van der Waals surface area contributed by atoms with E-state index in [2.05, 4.69) is 46.9 Å². The lowest BCUT2D eigenvalue weighted by atomic mass is 9.79. The molecule has 1 amide bonds. The van der Waals surface area contributed by atoms with Crippen LogP contribution in [0.2, 0.25) is 0 Å². The molecule has 0 saturated carbocycles. The lowest BCUT2D eigenvalue weighted by Gasteiger charge is -2.32. The number of nitrogens with zero attached hydrogens (tertiary/aromatic N) is 1. The highest BCUT2D eigenvalue weighted by atomic mass is 127. The summed E-state index contributed by atoms with van der Waals surface area (Å²) in [5.41, 5.74) is 1.25. The van der Waals surface area contributed by atoms with Gasteiger partial charge in [-0.25, -0.2) is 4.99 Å². The fourth-order valence-corrected chi connectivity index (χ4v) is 2.99. The zero-order valence-corrected chi connectivity index (χ0v) is 19.8. The summed E-state index contributed by atoms with van der Waals surface area (Å²) in [4.78, 5) is 16.4. The number of halogens is 1. The van der Waals surface area contributed by atoms with Crippen LogP contribution in [0.4, 0.5) is 0 Å². The van der Waals surface area contributed by atoms with Gasteiger partial charge in [-0.05, 0) is 43.6 Å². The molecule has 0 atom stereocenters. The van der Waals surface area contributed by atoms with Crippen LogP contribution in [0.25, 0.3) is 0 Å². The monoisotopic (exact) mass is 504 g/mol. The Morgan fingerprint density at radius 1 is 1.07 bits per heavy atom. The maximum atomic E-state index is 12.1. The van der Waals surface area contributed by atoms with Crippen LogP contribution >= 0.6 is 24.0 Å². The molecule has 0 saturated heterocycles. The minimum Gasteiger partial charge on any atom is -0.396 e. The fourth-order valence-electron chi connectivity index (χ4n) is 2.99. The molecule has 0 spiro atoms. The molecule has 6 nitrogen and oxygen atoms in total. The Morgan fingerprint density at radius 2 is 1.75 bits per heavy atom. The normalized spacial score (nSPS) is 11.5. The van der Waals surface area contributed by atoms with Gasteiger partial charge in [0.15, 0.2) is 5.96 Å². The van der Waals surface area contributed by atoms with Crippen molar-refractivity contribution in [2.45, 2.75) is 46.5 Å². The van der Waals surface area contributed by atoms with Crippen molar-refractivity contribution >= 4 is 35.8 Å². The largest absolute Gasteiger partial charge is 0.396 e. The molecule has 0 heterocycles. The van der Waals surface area contributed by atoms with Crippen LogP contribution in [-0.4, -0.2) is 49.8 Å². The van der Waals surface area contributed by atoms with Crippen LogP contribution < -0.4 is 16.0 Å². The van der Waals surface area contributed by atoms with E-state index in [9.17, 15) is 9.90 Å². The number of aliphatic imine (C=N–C) groups is 1. The molecule has 0 unspecified atom stereocenters. The van der Waals surface area contributed by atoms with E-state index in [1.165, 1.54) is 5.56 Å². The zero-order chi connectivity index (χ0) is 20.0. The van der Waals surface area contributed by atoms with Gasteiger partial charge in [-0.15, -0.1) is 24.0 Å². The summed E-state index contributed by atoms with van der Waals surface area (Å²) in [7, 11) is 0. The van der Waals surface area contributed by atoms with E-state index < -0.39 is 0 Å². The number of benzene rings is 1. The topological polar surface area (TPSA) is 85.8 Å². The van der Waals surface area contributed by atoms with Gasteiger partial charge in [-0.2, -0.15) is 0 Å². The highest BCUT2D eigenvalue weighted by Gasteiger charge is 2.25. The second-order valence-electron chi connectivity index (χ2n) is 6.81. The lowest BCUT2D eigenvalue weighted by molar-refractivity contribution is -0.119. The van der Waals surface area contributed by atoms with Crippen LogP contribution in [0.1, 0.15) is 45.6 Å². The van der Waals surface area contributed by atoms with Gasteiger partial charge in [0.05, 0.1) is 0 Å². The number of nitrogens with one attached hydrogen (secondary N) is 3. The highest BCUT2D eigenvalue weighted by molar-refractivity contribution is 14.0. The Kier molecular flexibility index (Phi) is 14.8. The van der Waals surface area contributed by atoms with Crippen molar-refractivity contribution in [2.75, 3.05) is 32.8 Å². The summed E-state index contributed by atoms with van der Waals surface area (Å²) in [6.07, 6.45) is 3.53. The molecule has 1 aromatic carbocycles. The van der Waals surface area contributed by atoms with Gasteiger partial charge < -0.3 is 21.1 Å². The third-order valence-electron chi connectivity index (χ3n) is 5.08. The molecule has 7 heteroatoms. The molecule has 0 aromatic heterocycles. The first-order chi connectivity index (χ1) is 13.1. The molecule has 0 bridgehead atoms. The maximum absolute atomic E-state index is 12.1. The van der Waals surface area contributed by atoms with Gasteiger partial charge in [0.2, 0.25) is 5.91 Å². The number of amides is 1. The number of carbonyl (C=O) groups excluding carboxylic acids is 1. The van der Waals surface area contributed by atoms with Crippen LogP contribution in [0.15, 0.2) is 35.3 Å². The molecule has 4 N–H and O–H groups in total. The van der Waals surface area contributed by atoms with E-state index in [0.717, 1.165) is 38.8 Å². The molecule has 0 aliphatic rings. The van der Waals surface area contributed by atoms with Crippen molar-refractivity contribution in [3.63, 3.8) is 0 Å². The quantitative estimate of drug-likeness (QED) is 0.200. The lowest BCUT2D eigenvalue weighted by Crippen LogP contribution is -2.44. The molecular formula is C21H37IN4O2. The first-order valence-electron chi connectivity index (χ1n) is 10.0. The third kappa shape index (κ3) is 10.3. The predicted molar refractivity (Wildman–Crippen MR) is 127 cm³/mol. The van der Waals surface area contributed by atoms with E-state index in [1.807, 2.05) is 25.1 Å². The number of hydrogen-bond acceptors (Lipinski definition) is 3. The van der Waals surface area contributed by atoms with Crippen molar-refractivity contribution in [2.24, 2.45) is 10.4 Å². The minimum atomic E-state index is -0.0873. The summed E-state index contributed by atoms with van der Waals surface area (Å²) in [6, 6.07) is 10.1. The Hall–Kier alpha value is -1.35. The second kappa shape index (κ2) is 15.6. The van der Waals surface area contributed by atoms with Gasteiger partial charge in [-0.1, -0.05) is 44.2 Å². The van der Waals surface area contributed by atoms with Gasteiger partial charge >= 0.3 is 0 Å². The van der Waals surface area contributed by atoms with Crippen molar-refractivity contribution in [1.29, 1.82) is 0 Å². The first kappa shape index (κ1) is 26.6. The standard InChI is InChI=1S/C21H36N4O2.HI/c1-4-21(5-2,13-15-26)17-25-20(22-6-3)24-16-19(27)23-14-12-18-10-8-7-9-11-18;/h7-11,26H,4-6,12-17H2,1-3H3,(H,23,27)(H2,22,24,25);1H. The number of guanidine groups is 1. The molecule has 0 fully saturated rings. The molecule has 28 heavy (non-hydrogen) atoms. The fraction of sp³-hybridized carbons (Fsp3) is 0.619. The SMILES string of the molecule is CCNC(=NCC(=O)NCCc1ccccc1)NCC(CC)(CC)CCO.I. The van der Waals surface area contributed by atoms with Crippen LogP contribution in [0.5, 0.6) is 0 Å². The van der Waals surface area contributed by atoms with Crippen molar-refractivity contribution in [3.8, 4) is 0 Å². The summed E-state index contributed by atoms with van der Waals surface area (Å²) < 4.78 is 0. The van der Waals surface area contributed by atoms with E-state index in [-0.39, 0.29) is 48.5 Å². The smallest absolute Gasteiger partial charge is 0.241 e. The average molecular weight is 504 g/mol. The van der Waals surface area contributed by atoms with Gasteiger partial charge in [-0.3, -0.25) is 4.79 Å². The minimum absolute atomic E-state index is 0. The average Bonchev–Trinajstić information content (AvgIpc) is 2.70. The third-order valence-corrected chi connectivity index (χ3v) is 5.08. The maximum Gasteiger partial charge on any atom is 0.241 e. The Bertz CT molecular complexity index is 563. The molecule has 1 rings (SSSR count). The summed E-state index contributed by atoms with van der Waals surface area (Å²) in [6.45, 7) is 8.62. The number of carbonyl (C=O) groups is 1. The Labute approximate surface area is 187 Å².